The van der Waals surface area contributed by atoms with Crippen molar-refractivity contribution in [1.29, 1.82) is 0 Å². The number of benzene rings is 1. The van der Waals surface area contributed by atoms with E-state index in [4.69, 9.17) is 0 Å². The maximum Gasteiger partial charge on any atom is 0.416 e. The van der Waals surface area contributed by atoms with Crippen LogP contribution in [0.5, 0.6) is 5.06 Å². The minimum atomic E-state index is -4.34. The Morgan fingerprint density at radius 2 is 1.93 bits per heavy atom. The van der Waals surface area contributed by atoms with E-state index in [1.165, 1.54) is 23.5 Å². The number of anilines is 1. The van der Waals surface area contributed by atoms with Gasteiger partial charge in [-0.25, -0.2) is 4.98 Å². The molecule has 148 valence electrons. The van der Waals surface area contributed by atoms with E-state index < -0.39 is 17.8 Å². The lowest BCUT2D eigenvalue weighted by molar-refractivity contribution is -0.137. The number of aromatic hydroxyl groups is 1. The van der Waals surface area contributed by atoms with E-state index in [1.54, 1.807) is 13.0 Å². The molecule has 2 N–H and O–H groups in total. The zero-order valence-electron chi connectivity index (χ0n) is 14.9. The summed E-state index contributed by atoms with van der Waals surface area (Å²) in [6.45, 7) is 4.71. The molecule has 1 aromatic heterocycles. The molecule has 2 aromatic rings. The third kappa shape index (κ3) is 5.12. The van der Waals surface area contributed by atoms with Crippen molar-refractivity contribution in [3.05, 3.63) is 40.5 Å². The van der Waals surface area contributed by atoms with E-state index in [9.17, 15) is 23.4 Å². The van der Waals surface area contributed by atoms with Crippen LogP contribution in [0.3, 0.4) is 0 Å². The van der Waals surface area contributed by atoms with Gasteiger partial charge in [-0.15, -0.1) is 0 Å². The smallest absolute Gasteiger partial charge is 0.416 e. The largest absolute Gasteiger partial charge is 0.498 e. The fraction of sp³-hybridized carbons (Fsp3) is 0.500. The van der Waals surface area contributed by atoms with Crippen LogP contribution in [-0.2, 0) is 12.6 Å². The maximum absolute atomic E-state index is 12.9. The van der Waals surface area contributed by atoms with Crippen molar-refractivity contribution in [2.24, 2.45) is 0 Å². The number of rotatable bonds is 5. The third-order valence-corrected chi connectivity index (χ3v) is 5.59. The van der Waals surface area contributed by atoms with Crippen LogP contribution in [0.15, 0.2) is 24.3 Å². The molecule has 1 aliphatic rings. The quantitative estimate of drug-likeness (QED) is 0.807. The molecule has 5 nitrogen and oxygen atoms in total. The topological polar surface area (TPSA) is 59.8 Å². The van der Waals surface area contributed by atoms with Crippen LogP contribution in [0.4, 0.5) is 18.9 Å². The number of nitrogens with zero attached hydrogens (tertiary/aromatic N) is 3. The Labute approximate surface area is 159 Å². The number of β-amino-alcohol motifs (C(OH)–C–C–N with tert-alkyl or cyclic N) is 1. The van der Waals surface area contributed by atoms with Gasteiger partial charge in [-0.2, -0.15) is 13.2 Å². The molecule has 1 unspecified atom stereocenters. The van der Waals surface area contributed by atoms with Crippen LogP contribution in [0.2, 0.25) is 0 Å². The summed E-state index contributed by atoms with van der Waals surface area (Å²) >= 11 is 1.17. The number of aryl methyl sites for hydroxylation is 1. The monoisotopic (exact) mass is 401 g/mol. The van der Waals surface area contributed by atoms with E-state index in [0.29, 0.717) is 55.5 Å². The summed E-state index contributed by atoms with van der Waals surface area (Å²) in [5, 5.41) is 20.7. The third-order valence-electron chi connectivity index (χ3n) is 4.61. The van der Waals surface area contributed by atoms with Crippen LogP contribution in [0.1, 0.15) is 16.3 Å². The van der Waals surface area contributed by atoms with Crippen molar-refractivity contribution in [2.45, 2.75) is 25.6 Å². The highest BCUT2D eigenvalue weighted by Crippen LogP contribution is 2.32. The Balaban J connectivity index is 1.51. The van der Waals surface area contributed by atoms with E-state index in [-0.39, 0.29) is 5.06 Å². The standard InChI is InChI=1S/C18H22F3N3O2S/c1-12-17(26)27-16(22-12)10-15(25)11-23-5-7-24(8-6-23)14-4-2-3-13(9-14)18(19,20)21/h2-4,9,15,25-26H,5-8,10-11H2,1H3. The lowest BCUT2D eigenvalue weighted by atomic mass is 10.1. The number of thiazole rings is 1. The van der Waals surface area contributed by atoms with Gasteiger partial charge in [0.15, 0.2) is 5.06 Å². The fourth-order valence-corrected chi connectivity index (χ4v) is 4.04. The zero-order valence-corrected chi connectivity index (χ0v) is 15.7. The van der Waals surface area contributed by atoms with Crippen molar-refractivity contribution < 1.29 is 23.4 Å². The van der Waals surface area contributed by atoms with E-state index in [0.717, 1.165) is 6.07 Å². The summed E-state index contributed by atoms with van der Waals surface area (Å²) in [5.41, 5.74) is 0.496. The molecular weight excluding hydrogens is 379 g/mol. The Hall–Kier alpha value is -1.84. The molecule has 1 saturated heterocycles. The van der Waals surface area contributed by atoms with E-state index >= 15 is 0 Å². The molecule has 3 rings (SSSR count). The van der Waals surface area contributed by atoms with Crippen LogP contribution >= 0.6 is 11.3 Å². The van der Waals surface area contributed by atoms with Crippen molar-refractivity contribution >= 4 is 17.0 Å². The highest BCUT2D eigenvalue weighted by Gasteiger charge is 2.31. The van der Waals surface area contributed by atoms with Gasteiger partial charge in [0.25, 0.3) is 0 Å². The summed E-state index contributed by atoms with van der Waals surface area (Å²) in [4.78, 5) is 8.24. The Morgan fingerprint density at radius 1 is 1.22 bits per heavy atom. The van der Waals surface area contributed by atoms with E-state index in [1.807, 2.05) is 4.90 Å². The second-order valence-electron chi connectivity index (χ2n) is 6.69. The molecule has 1 aliphatic heterocycles. The first-order valence-electron chi connectivity index (χ1n) is 8.70. The van der Waals surface area contributed by atoms with Crippen LogP contribution in [-0.4, -0.2) is 58.9 Å². The number of hydrogen-bond donors (Lipinski definition) is 2. The number of hydrogen-bond acceptors (Lipinski definition) is 6. The lowest BCUT2D eigenvalue weighted by Crippen LogP contribution is -2.48. The second-order valence-corrected chi connectivity index (χ2v) is 7.75. The van der Waals surface area contributed by atoms with Crippen LogP contribution in [0.25, 0.3) is 0 Å². The minimum Gasteiger partial charge on any atom is -0.498 e. The van der Waals surface area contributed by atoms with Gasteiger partial charge >= 0.3 is 6.18 Å². The van der Waals surface area contributed by atoms with Crippen molar-refractivity contribution in [1.82, 2.24) is 9.88 Å². The SMILES string of the molecule is Cc1nc(CC(O)CN2CCN(c3cccc(C(F)(F)F)c3)CC2)sc1O. The summed E-state index contributed by atoms with van der Waals surface area (Å²) in [6, 6.07) is 5.38. The fourth-order valence-electron chi connectivity index (χ4n) is 3.16. The van der Waals surface area contributed by atoms with Gasteiger partial charge in [0.2, 0.25) is 0 Å². The predicted octanol–water partition coefficient (Wildman–Crippen LogP) is 2.90. The molecule has 1 fully saturated rings. The minimum absolute atomic E-state index is 0.173. The first-order chi connectivity index (χ1) is 12.7. The summed E-state index contributed by atoms with van der Waals surface area (Å²) in [5.74, 6) is 0. The predicted molar refractivity (Wildman–Crippen MR) is 98.3 cm³/mol. The van der Waals surface area contributed by atoms with Crippen molar-refractivity contribution in [2.75, 3.05) is 37.6 Å². The molecule has 1 atom stereocenters. The van der Waals surface area contributed by atoms with Crippen molar-refractivity contribution in [3.63, 3.8) is 0 Å². The summed E-state index contributed by atoms with van der Waals surface area (Å²) in [7, 11) is 0. The molecule has 0 bridgehead atoms. The molecular formula is C18H22F3N3O2S. The highest BCUT2D eigenvalue weighted by molar-refractivity contribution is 7.13. The second kappa shape index (κ2) is 8.04. The molecule has 0 saturated carbocycles. The average Bonchev–Trinajstić information content (AvgIpc) is 2.92. The first kappa shape index (κ1) is 19.9. The van der Waals surface area contributed by atoms with Crippen LogP contribution in [0, 0.1) is 6.92 Å². The van der Waals surface area contributed by atoms with Gasteiger partial charge in [-0.1, -0.05) is 17.4 Å². The highest BCUT2D eigenvalue weighted by atomic mass is 32.1. The Morgan fingerprint density at radius 3 is 2.52 bits per heavy atom. The van der Waals surface area contributed by atoms with Gasteiger partial charge in [-0.05, 0) is 25.1 Å². The van der Waals surface area contributed by atoms with Gasteiger partial charge in [0.1, 0.15) is 0 Å². The summed E-state index contributed by atoms with van der Waals surface area (Å²) in [6.07, 6.45) is -4.57. The van der Waals surface area contributed by atoms with Crippen LogP contribution < -0.4 is 4.90 Å². The number of halogens is 3. The Bertz CT molecular complexity index is 754. The van der Waals surface area contributed by atoms with Gasteiger partial charge in [-0.3, -0.25) is 4.90 Å². The zero-order chi connectivity index (χ0) is 19.6. The molecule has 1 aromatic carbocycles. The molecule has 0 amide bonds. The molecule has 0 radical (unpaired) electrons. The number of piperazine rings is 1. The first-order valence-corrected chi connectivity index (χ1v) is 9.52. The summed E-state index contributed by atoms with van der Waals surface area (Å²) < 4.78 is 38.6. The lowest BCUT2D eigenvalue weighted by Gasteiger charge is -2.37. The molecule has 27 heavy (non-hydrogen) atoms. The molecule has 0 aliphatic carbocycles. The van der Waals surface area contributed by atoms with Gasteiger partial charge in [0.05, 0.1) is 22.4 Å². The molecule has 2 heterocycles. The molecule has 9 heteroatoms. The average molecular weight is 401 g/mol. The normalized spacial score (nSPS) is 17.3. The Kier molecular flexibility index (Phi) is 5.92. The van der Waals surface area contributed by atoms with E-state index in [2.05, 4.69) is 9.88 Å². The van der Waals surface area contributed by atoms with Gasteiger partial charge < -0.3 is 15.1 Å². The number of aliphatic hydroxyl groups excluding tert-OH is 1. The maximum atomic E-state index is 12.9. The number of aromatic nitrogens is 1. The van der Waals surface area contributed by atoms with Crippen molar-refractivity contribution in [3.8, 4) is 5.06 Å². The molecule has 0 spiro atoms. The number of aliphatic hydroxyl groups is 1. The van der Waals surface area contributed by atoms with Gasteiger partial charge in [0, 0.05) is 44.8 Å². The number of alkyl halides is 3.